The lowest BCUT2D eigenvalue weighted by molar-refractivity contribution is -0.119. The van der Waals surface area contributed by atoms with Crippen LogP contribution in [0.2, 0.25) is 0 Å². The van der Waals surface area contributed by atoms with Crippen molar-refractivity contribution in [3.8, 4) is 5.75 Å². The van der Waals surface area contributed by atoms with Crippen molar-refractivity contribution in [3.05, 3.63) is 59.2 Å². The molecule has 0 spiro atoms. The second kappa shape index (κ2) is 16.8. The molecule has 1 amide bonds. The summed E-state index contributed by atoms with van der Waals surface area (Å²) in [6.07, 6.45) is 1.01. The number of methoxy groups -OCH3 is 1. The van der Waals surface area contributed by atoms with Gasteiger partial charge in [-0.05, 0) is 55.0 Å². The van der Waals surface area contributed by atoms with Crippen LogP contribution >= 0.6 is 0 Å². The smallest absolute Gasteiger partial charge is 0.216 e. The average Bonchev–Trinajstić information content (AvgIpc) is 2.99. The lowest BCUT2D eigenvalue weighted by Gasteiger charge is -2.39. The maximum atomic E-state index is 11.8. The van der Waals surface area contributed by atoms with Crippen molar-refractivity contribution in [1.82, 2.24) is 10.6 Å². The largest absolute Gasteiger partial charge is 0.490 e. The van der Waals surface area contributed by atoms with Crippen molar-refractivity contribution < 1.29 is 28.5 Å². The van der Waals surface area contributed by atoms with Gasteiger partial charge in [-0.15, -0.1) is 0 Å². The molecule has 2 aromatic rings. The Hall–Kier alpha value is -2.69. The molecule has 9 heteroatoms. The van der Waals surface area contributed by atoms with Gasteiger partial charge in [-0.3, -0.25) is 4.79 Å². The predicted molar refractivity (Wildman–Crippen MR) is 164 cm³/mol. The third-order valence-electron chi connectivity index (χ3n) is 7.93. The molecule has 9 nitrogen and oxygen atoms in total. The van der Waals surface area contributed by atoms with Crippen LogP contribution in [0, 0.1) is 5.92 Å². The zero-order chi connectivity index (χ0) is 29.7. The number of hydrogen-bond donors (Lipinski definition) is 2. The fourth-order valence-electron chi connectivity index (χ4n) is 5.85. The summed E-state index contributed by atoms with van der Waals surface area (Å²) < 4.78 is 29.3. The van der Waals surface area contributed by atoms with Gasteiger partial charge in [-0.25, -0.2) is 0 Å². The van der Waals surface area contributed by atoms with E-state index in [2.05, 4.69) is 58.0 Å². The van der Waals surface area contributed by atoms with Crippen molar-refractivity contribution in [2.75, 3.05) is 71.2 Å². The number of piperidine rings is 1. The molecular formula is C33H49N3O6. The molecule has 232 valence electrons. The van der Waals surface area contributed by atoms with Gasteiger partial charge in [0.05, 0.1) is 44.3 Å². The minimum absolute atomic E-state index is 0.0168. The Morgan fingerprint density at radius 1 is 1.14 bits per heavy atom. The first-order valence-electron chi connectivity index (χ1n) is 15.3. The number of rotatable bonds is 16. The zero-order valence-corrected chi connectivity index (χ0v) is 25.7. The molecule has 2 N–H and O–H groups in total. The number of nitrogens with zero attached hydrogens (tertiary/aromatic N) is 1. The molecule has 2 aromatic carbocycles. The summed E-state index contributed by atoms with van der Waals surface area (Å²) in [5.41, 5.74) is 4.58. The van der Waals surface area contributed by atoms with Crippen molar-refractivity contribution in [2.24, 2.45) is 5.92 Å². The minimum atomic E-state index is -0.0447. The van der Waals surface area contributed by atoms with Crippen LogP contribution in [0.3, 0.4) is 0 Å². The van der Waals surface area contributed by atoms with Crippen molar-refractivity contribution in [1.29, 1.82) is 0 Å². The van der Waals surface area contributed by atoms with Crippen LogP contribution in [0.15, 0.2) is 42.5 Å². The van der Waals surface area contributed by atoms with E-state index in [1.54, 1.807) is 14.0 Å². The molecule has 0 radical (unpaired) electrons. The van der Waals surface area contributed by atoms with Crippen molar-refractivity contribution in [3.63, 3.8) is 0 Å². The molecule has 4 atom stereocenters. The first kappa shape index (κ1) is 32.2. The highest BCUT2D eigenvalue weighted by Crippen LogP contribution is 2.35. The van der Waals surface area contributed by atoms with E-state index in [9.17, 15) is 4.79 Å². The third-order valence-corrected chi connectivity index (χ3v) is 7.93. The fraction of sp³-hybridized carbons (Fsp3) is 0.606. The topological polar surface area (TPSA) is 90.5 Å². The number of amides is 1. The zero-order valence-electron chi connectivity index (χ0n) is 25.7. The SMILES string of the molecule is CCO[C@H](C)COCc1ccc([C@H]2[C@H](CNC(C)=O)CNC[C@@H]2OCc2ccc3c(c2)N(CCCOC)CCO3)cc1. The maximum absolute atomic E-state index is 11.8. The molecule has 1 fully saturated rings. The van der Waals surface area contributed by atoms with Crippen LogP contribution in [0.4, 0.5) is 5.69 Å². The summed E-state index contributed by atoms with van der Waals surface area (Å²) in [5, 5.41) is 6.58. The van der Waals surface area contributed by atoms with Crippen LogP contribution in [0.5, 0.6) is 5.75 Å². The van der Waals surface area contributed by atoms with Gasteiger partial charge in [0.15, 0.2) is 0 Å². The van der Waals surface area contributed by atoms with Crippen LogP contribution in [0.25, 0.3) is 0 Å². The maximum Gasteiger partial charge on any atom is 0.216 e. The Bertz CT molecular complexity index is 1100. The van der Waals surface area contributed by atoms with Crippen LogP contribution in [-0.4, -0.2) is 84.4 Å². The number of fused-ring (bicyclic) bond motifs is 1. The average molecular weight is 584 g/mol. The van der Waals surface area contributed by atoms with Gasteiger partial charge in [-0.2, -0.15) is 0 Å². The van der Waals surface area contributed by atoms with E-state index in [-0.39, 0.29) is 30.0 Å². The van der Waals surface area contributed by atoms with Gasteiger partial charge in [0.1, 0.15) is 12.4 Å². The summed E-state index contributed by atoms with van der Waals surface area (Å²) in [6, 6.07) is 15.0. The van der Waals surface area contributed by atoms with Gasteiger partial charge < -0.3 is 39.2 Å². The standard InChI is InChI=1S/C33H49N3O6/c1-5-40-24(2)21-39-22-26-7-10-28(11-8-26)33-29(19-35-25(3)37)18-34-20-32(33)42-23-27-9-12-31-30(17-27)36(14-16-41-31)13-6-15-38-4/h7-12,17,24,29,32-34H,5-6,13-16,18-23H2,1-4H3,(H,35,37)/t24-,29+,32+,33+/m1/s1. The first-order chi connectivity index (χ1) is 20.5. The van der Waals surface area contributed by atoms with E-state index in [1.165, 1.54) is 5.56 Å². The number of anilines is 1. The molecule has 0 aromatic heterocycles. The molecule has 0 saturated carbocycles. The number of ether oxygens (including phenoxy) is 5. The van der Waals surface area contributed by atoms with Crippen LogP contribution in [0.1, 0.15) is 49.8 Å². The Morgan fingerprint density at radius 3 is 2.71 bits per heavy atom. The van der Waals surface area contributed by atoms with E-state index >= 15 is 0 Å². The molecule has 1 saturated heterocycles. The second-order valence-corrected chi connectivity index (χ2v) is 11.2. The lowest BCUT2D eigenvalue weighted by Crippen LogP contribution is -2.50. The van der Waals surface area contributed by atoms with E-state index in [0.29, 0.717) is 39.6 Å². The van der Waals surface area contributed by atoms with E-state index < -0.39 is 0 Å². The molecule has 4 rings (SSSR count). The van der Waals surface area contributed by atoms with Gasteiger partial charge in [0.25, 0.3) is 0 Å². The summed E-state index contributed by atoms with van der Waals surface area (Å²) in [6.45, 7) is 13.3. The molecule has 42 heavy (non-hydrogen) atoms. The summed E-state index contributed by atoms with van der Waals surface area (Å²) in [5.74, 6) is 1.25. The molecule has 2 heterocycles. The fourth-order valence-corrected chi connectivity index (χ4v) is 5.85. The lowest BCUT2D eigenvalue weighted by atomic mass is 9.79. The first-order valence-corrected chi connectivity index (χ1v) is 15.3. The third kappa shape index (κ3) is 9.41. The Morgan fingerprint density at radius 2 is 1.95 bits per heavy atom. The Labute approximate surface area is 251 Å². The highest BCUT2D eigenvalue weighted by molar-refractivity contribution is 5.72. The van der Waals surface area contributed by atoms with Crippen molar-refractivity contribution >= 4 is 11.6 Å². The Balaban J connectivity index is 1.44. The van der Waals surface area contributed by atoms with Gasteiger partial charge >= 0.3 is 0 Å². The van der Waals surface area contributed by atoms with Crippen LogP contribution in [-0.2, 0) is 37.0 Å². The summed E-state index contributed by atoms with van der Waals surface area (Å²) in [4.78, 5) is 14.1. The number of hydrogen-bond acceptors (Lipinski definition) is 8. The molecular weight excluding hydrogens is 534 g/mol. The summed E-state index contributed by atoms with van der Waals surface area (Å²) >= 11 is 0. The molecule has 0 aliphatic carbocycles. The number of benzene rings is 2. The van der Waals surface area contributed by atoms with Gasteiger partial charge in [0, 0.05) is 59.3 Å². The number of carbonyl (C=O) groups excluding carboxylic acids is 1. The molecule has 0 unspecified atom stereocenters. The normalized spacial score (nSPS) is 21.0. The van der Waals surface area contributed by atoms with Crippen molar-refractivity contribution in [2.45, 2.75) is 58.5 Å². The highest BCUT2D eigenvalue weighted by atomic mass is 16.5. The quantitative estimate of drug-likeness (QED) is 0.288. The van der Waals surface area contributed by atoms with E-state index in [1.807, 2.05) is 13.8 Å². The summed E-state index contributed by atoms with van der Waals surface area (Å²) in [7, 11) is 1.74. The molecule has 2 aliphatic rings. The highest BCUT2D eigenvalue weighted by Gasteiger charge is 2.35. The van der Waals surface area contributed by atoms with Gasteiger partial charge in [-0.1, -0.05) is 30.3 Å². The number of nitrogens with one attached hydrogen (secondary N) is 2. The van der Waals surface area contributed by atoms with E-state index in [0.717, 1.165) is 61.8 Å². The molecule has 0 bridgehead atoms. The second-order valence-electron chi connectivity index (χ2n) is 11.2. The number of carbonyl (C=O) groups is 1. The predicted octanol–water partition coefficient (Wildman–Crippen LogP) is 3.89. The molecule has 2 aliphatic heterocycles. The van der Waals surface area contributed by atoms with Gasteiger partial charge in [0.2, 0.25) is 5.91 Å². The van der Waals surface area contributed by atoms with E-state index in [4.69, 9.17) is 23.7 Å². The monoisotopic (exact) mass is 583 g/mol. The minimum Gasteiger partial charge on any atom is -0.490 e. The van der Waals surface area contributed by atoms with Crippen LogP contribution < -0.4 is 20.3 Å². The Kier molecular flexibility index (Phi) is 12.9.